The van der Waals surface area contributed by atoms with Gasteiger partial charge < -0.3 is 10.1 Å². The fraction of sp³-hybridized carbons (Fsp3) is 1.00. The summed E-state index contributed by atoms with van der Waals surface area (Å²) < 4.78 is 28.6. The summed E-state index contributed by atoms with van der Waals surface area (Å²) in [6.45, 7) is 3.02. The van der Waals surface area contributed by atoms with Crippen LogP contribution in [0.4, 0.5) is 8.78 Å². The Morgan fingerprint density at radius 2 is 2.12 bits per heavy atom. The highest BCUT2D eigenvalue weighted by Crippen LogP contribution is 2.30. The molecule has 0 aromatic rings. The van der Waals surface area contributed by atoms with Crippen LogP contribution in [0, 0.1) is 5.92 Å². The monoisotopic (exact) mass is 235 g/mol. The van der Waals surface area contributed by atoms with E-state index >= 15 is 0 Å². The van der Waals surface area contributed by atoms with Crippen LogP contribution < -0.4 is 5.32 Å². The number of rotatable bonds is 9. The normalized spacial score (nSPS) is 18.8. The molecule has 16 heavy (non-hydrogen) atoms. The Bertz CT molecular complexity index is 174. The van der Waals surface area contributed by atoms with E-state index in [-0.39, 0.29) is 0 Å². The molecule has 0 spiro atoms. The molecule has 0 aromatic carbocycles. The summed E-state index contributed by atoms with van der Waals surface area (Å²) in [6.07, 6.45) is 3.69. The van der Waals surface area contributed by atoms with Gasteiger partial charge in [0.15, 0.2) is 0 Å². The number of ether oxygens (including phenoxy) is 1. The molecule has 1 fully saturated rings. The Morgan fingerprint density at radius 3 is 2.62 bits per heavy atom. The van der Waals surface area contributed by atoms with Crippen molar-refractivity contribution in [2.24, 2.45) is 5.92 Å². The van der Waals surface area contributed by atoms with Crippen molar-refractivity contribution in [3.05, 3.63) is 0 Å². The van der Waals surface area contributed by atoms with Gasteiger partial charge in [0.25, 0.3) is 6.43 Å². The maximum absolute atomic E-state index is 11.8. The van der Waals surface area contributed by atoms with E-state index in [1.54, 1.807) is 0 Å². The Labute approximate surface area is 96.7 Å². The molecule has 0 aromatic heterocycles. The van der Waals surface area contributed by atoms with Crippen molar-refractivity contribution >= 4 is 0 Å². The van der Waals surface area contributed by atoms with Crippen LogP contribution in [0.3, 0.4) is 0 Å². The van der Waals surface area contributed by atoms with Gasteiger partial charge in [-0.3, -0.25) is 0 Å². The number of hydrogen-bond acceptors (Lipinski definition) is 2. The maximum Gasteiger partial charge on any atom is 0.261 e. The van der Waals surface area contributed by atoms with E-state index in [1.807, 2.05) is 0 Å². The molecule has 1 saturated carbocycles. The maximum atomic E-state index is 11.8. The molecule has 96 valence electrons. The summed E-state index contributed by atoms with van der Waals surface area (Å²) in [7, 11) is 0. The molecule has 0 saturated heterocycles. The third-order valence-corrected chi connectivity index (χ3v) is 3.19. The van der Waals surface area contributed by atoms with Crippen molar-refractivity contribution in [3.8, 4) is 0 Å². The van der Waals surface area contributed by atoms with Crippen LogP contribution in [0.2, 0.25) is 0 Å². The van der Waals surface area contributed by atoms with Gasteiger partial charge in [-0.2, -0.15) is 0 Å². The first-order valence-corrected chi connectivity index (χ1v) is 6.31. The minimum Gasteiger partial charge on any atom is -0.375 e. The van der Waals surface area contributed by atoms with Crippen molar-refractivity contribution in [2.45, 2.75) is 51.5 Å². The van der Waals surface area contributed by atoms with Gasteiger partial charge >= 0.3 is 0 Å². The molecule has 1 atom stereocenters. The zero-order valence-corrected chi connectivity index (χ0v) is 10.1. The quantitative estimate of drug-likeness (QED) is 0.620. The van der Waals surface area contributed by atoms with Crippen LogP contribution in [0.5, 0.6) is 0 Å². The van der Waals surface area contributed by atoms with Crippen LogP contribution >= 0.6 is 0 Å². The molecule has 0 aliphatic heterocycles. The average molecular weight is 235 g/mol. The lowest BCUT2D eigenvalue weighted by Crippen LogP contribution is -2.33. The largest absolute Gasteiger partial charge is 0.375 e. The first kappa shape index (κ1) is 13.8. The highest BCUT2D eigenvalue weighted by molar-refractivity contribution is 4.77. The van der Waals surface area contributed by atoms with Gasteiger partial charge in [-0.25, -0.2) is 8.78 Å². The highest BCUT2D eigenvalue weighted by Gasteiger charge is 2.21. The van der Waals surface area contributed by atoms with Crippen LogP contribution in [0.1, 0.15) is 39.0 Å². The van der Waals surface area contributed by atoms with Crippen LogP contribution in [-0.2, 0) is 4.74 Å². The molecule has 0 heterocycles. The average Bonchev–Trinajstić information content (AvgIpc) is 2.17. The molecule has 4 heteroatoms. The van der Waals surface area contributed by atoms with Gasteiger partial charge in [0.05, 0.1) is 0 Å². The minimum absolute atomic E-state index is 0.428. The summed E-state index contributed by atoms with van der Waals surface area (Å²) in [5, 5.41) is 3.40. The molecule has 1 unspecified atom stereocenters. The second-order valence-electron chi connectivity index (χ2n) is 4.54. The highest BCUT2D eigenvalue weighted by atomic mass is 19.3. The van der Waals surface area contributed by atoms with Gasteiger partial charge in [-0.15, -0.1) is 0 Å². The van der Waals surface area contributed by atoms with E-state index in [9.17, 15) is 8.78 Å². The second-order valence-corrected chi connectivity index (χ2v) is 4.54. The summed E-state index contributed by atoms with van der Waals surface area (Å²) in [4.78, 5) is 0. The topological polar surface area (TPSA) is 21.3 Å². The Kier molecular flexibility index (Phi) is 6.88. The Hall–Kier alpha value is -0.220. The lowest BCUT2D eigenvalue weighted by atomic mass is 9.80. The van der Waals surface area contributed by atoms with Gasteiger partial charge in [-0.1, -0.05) is 26.2 Å². The summed E-state index contributed by atoms with van der Waals surface area (Å²) in [5.74, 6) is 0.846. The van der Waals surface area contributed by atoms with Gasteiger partial charge in [0, 0.05) is 12.6 Å². The van der Waals surface area contributed by atoms with Crippen LogP contribution in [0.15, 0.2) is 0 Å². The van der Waals surface area contributed by atoms with E-state index < -0.39 is 13.0 Å². The van der Waals surface area contributed by atoms with Crippen molar-refractivity contribution < 1.29 is 13.5 Å². The predicted octanol–water partition coefficient (Wildman–Crippen LogP) is 2.83. The zero-order chi connectivity index (χ0) is 11.8. The number of nitrogens with one attached hydrogen (secondary N) is 1. The molecule has 1 rings (SSSR count). The third kappa shape index (κ3) is 5.75. The summed E-state index contributed by atoms with van der Waals surface area (Å²) in [6, 6.07) is 0.438. The Morgan fingerprint density at radius 1 is 1.38 bits per heavy atom. The molecule has 1 aliphatic rings. The molecule has 2 nitrogen and oxygen atoms in total. The summed E-state index contributed by atoms with van der Waals surface area (Å²) in [5.41, 5.74) is 0. The third-order valence-electron chi connectivity index (χ3n) is 3.19. The van der Waals surface area contributed by atoms with Crippen LogP contribution in [-0.4, -0.2) is 32.2 Å². The molecule has 1 N–H and O–H groups in total. The van der Waals surface area contributed by atoms with E-state index in [0.29, 0.717) is 12.6 Å². The fourth-order valence-corrected chi connectivity index (χ4v) is 2.12. The lowest BCUT2D eigenvalue weighted by molar-refractivity contribution is 0.0134. The summed E-state index contributed by atoms with van der Waals surface area (Å²) >= 11 is 0. The minimum atomic E-state index is -2.34. The Balaban J connectivity index is 2.06. The van der Waals surface area contributed by atoms with Gasteiger partial charge in [0.1, 0.15) is 6.61 Å². The SMILES string of the molecule is CCNC(CCOCC(F)F)CC1CCC1. The van der Waals surface area contributed by atoms with Crippen molar-refractivity contribution in [2.75, 3.05) is 19.8 Å². The molecule has 0 radical (unpaired) electrons. The fourth-order valence-electron chi connectivity index (χ4n) is 2.12. The molecular formula is C12H23F2NO. The predicted molar refractivity (Wildman–Crippen MR) is 60.9 cm³/mol. The smallest absolute Gasteiger partial charge is 0.261 e. The van der Waals surface area contributed by atoms with Crippen molar-refractivity contribution in [3.63, 3.8) is 0 Å². The van der Waals surface area contributed by atoms with Gasteiger partial charge in [0.2, 0.25) is 0 Å². The number of hydrogen-bond donors (Lipinski definition) is 1. The first-order valence-electron chi connectivity index (χ1n) is 6.31. The second kappa shape index (κ2) is 7.96. The van der Waals surface area contributed by atoms with Crippen molar-refractivity contribution in [1.29, 1.82) is 0 Å². The van der Waals surface area contributed by atoms with E-state index in [4.69, 9.17) is 4.74 Å². The number of halogens is 2. The molecule has 1 aliphatic carbocycles. The van der Waals surface area contributed by atoms with Crippen molar-refractivity contribution in [1.82, 2.24) is 5.32 Å². The molecule has 0 bridgehead atoms. The van der Waals surface area contributed by atoms with Gasteiger partial charge in [-0.05, 0) is 25.3 Å². The van der Waals surface area contributed by atoms with E-state index in [1.165, 1.54) is 25.7 Å². The van der Waals surface area contributed by atoms with Crippen LogP contribution in [0.25, 0.3) is 0 Å². The standard InChI is InChI=1S/C12H23F2NO/c1-2-15-11(8-10-4-3-5-10)6-7-16-9-12(13)14/h10-12,15H,2-9H2,1H3. The van der Waals surface area contributed by atoms with E-state index in [2.05, 4.69) is 12.2 Å². The lowest BCUT2D eigenvalue weighted by Gasteiger charge is -2.30. The molecule has 0 amide bonds. The van der Waals surface area contributed by atoms with E-state index in [0.717, 1.165) is 18.9 Å². The first-order chi connectivity index (χ1) is 7.72. The number of alkyl halides is 2. The molecular weight excluding hydrogens is 212 g/mol. The zero-order valence-electron chi connectivity index (χ0n) is 10.1.